The number of ether oxygens (including phenoxy) is 1. The lowest BCUT2D eigenvalue weighted by Gasteiger charge is -2.14. The van der Waals surface area contributed by atoms with Crippen LogP contribution in [0, 0.1) is 5.41 Å². The number of nitrogen functional groups attached to an aromatic ring is 1. The largest absolute Gasteiger partial charge is 0.437 e. The molecule has 1 aromatic heterocycles. The summed E-state index contributed by atoms with van der Waals surface area (Å²) >= 11 is 0. The van der Waals surface area contributed by atoms with Crippen molar-refractivity contribution in [1.29, 1.82) is 5.41 Å². The first-order valence-corrected chi connectivity index (χ1v) is 6.63. The van der Waals surface area contributed by atoms with Gasteiger partial charge in [-0.05, 0) is 30.5 Å². The molecule has 0 atom stereocenters. The van der Waals surface area contributed by atoms with Crippen LogP contribution in [0.3, 0.4) is 0 Å². The molecule has 0 saturated carbocycles. The molecule has 0 spiro atoms. The first-order valence-electron chi connectivity index (χ1n) is 6.63. The number of benzene rings is 1. The molecule has 0 bridgehead atoms. The molecule has 0 amide bonds. The van der Waals surface area contributed by atoms with E-state index in [9.17, 15) is 0 Å². The van der Waals surface area contributed by atoms with Gasteiger partial charge in [0.2, 0.25) is 5.88 Å². The maximum Gasteiger partial charge on any atom is 0.250 e. The molecule has 0 aliphatic carbocycles. The second-order valence-electron chi connectivity index (χ2n) is 4.34. The van der Waals surface area contributed by atoms with Gasteiger partial charge in [-0.1, -0.05) is 32.0 Å². The minimum Gasteiger partial charge on any atom is -0.437 e. The third-order valence-corrected chi connectivity index (χ3v) is 3.04. The van der Waals surface area contributed by atoms with Crippen molar-refractivity contribution in [2.75, 3.05) is 0 Å². The van der Waals surface area contributed by atoms with Crippen LogP contribution in [0.5, 0.6) is 11.6 Å². The zero-order valence-corrected chi connectivity index (χ0v) is 11.7. The molecule has 1 heterocycles. The highest BCUT2D eigenvalue weighted by atomic mass is 16.5. The summed E-state index contributed by atoms with van der Waals surface area (Å²) in [6, 6.07) is 9.30. The number of nitrogens with zero attached hydrogens (tertiary/aromatic N) is 2. The molecular formula is C15H18N4O. The van der Waals surface area contributed by atoms with E-state index in [0.29, 0.717) is 11.3 Å². The Morgan fingerprint density at radius 1 is 1.15 bits per heavy atom. The fourth-order valence-electron chi connectivity index (χ4n) is 2.10. The number of hydrogen-bond donors (Lipinski definition) is 2. The number of aromatic nitrogens is 2. The van der Waals surface area contributed by atoms with E-state index in [2.05, 4.69) is 10.2 Å². The van der Waals surface area contributed by atoms with Crippen molar-refractivity contribution in [3.8, 4) is 11.6 Å². The minimum atomic E-state index is -0.0441. The number of amidine groups is 1. The summed E-state index contributed by atoms with van der Waals surface area (Å²) in [5.41, 5.74) is 8.04. The molecule has 0 aliphatic rings. The highest BCUT2D eigenvalue weighted by Crippen LogP contribution is 2.26. The van der Waals surface area contributed by atoms with Gasteiger partial charge >= 0.3 is 0 Å². The summed E-state index contributed by atoms with van der Waals surface area (Å²) in [5, 5.41) is 16.0. The van der Waals surface area contributed by atoms with E-state index in [0.717, 1.165) is 24.1 Å². The number of nitrogens with two attached hydrogens (primary N) is 1. The average Bonchev–Trinajstić information content (AvgIpc) is 2.47. The molecule has 5 nitrogen and oxygen atoms in total. The summed E-state index contributed by atoms with van der Waals surface area (Å²) in [6.45, 7) is 4.01. The van der Waals surface area contributed by atoms with Crippen molar-refractivity contribution >= 4 is 5.84 Å². The molecule has 1 aromatic carbocycles. The SMILES string of the molecule is CCc1nnc(Oc2ccccc2)c(C(=N)N)c1CC. The summed E-state index contributed by atoms with van der Waals surface area (Å²) in [4.78, 5) is 0. The number of rotatable bonds is 5. The number of aryl methyl sites for hydroxylation is 1. The molecule has 0 radical (unpaired) electrons. The zero-order valence-electron chi connectivity index (χ0n) is 11.7. The van der Waals surface area contributed by atoms with E-state index in [4.69, 9.17) is 15.9 Å². The molecule has 5 heteroatoms. The van der Waals surface area contributed by atoms with Crippen LogP contribution in [0.15, 0.2) is 30.3 Å². The minimum absolute atomic E-state index is 0.0441. The van der Waals surface area contributed by atoms with Crippen molar-refractivity contribution in [2.45, 2.75) is 26.7 Å². The lowest BCUT2D eigenvalue weighted by Crippen LogP contribution is -2.18. The van der Waals surface area contributed by atoms with Crippen LogP contribution in [0.4, 0.5) is 0 Å². The topological polar surface area (TPSA) is 84.9 Å². The molecule has 0 fully saturated rings. The van der Waals surface area contributed by atoms with Crippen LogP contribution < -0.4 is 10.5 Å². The summed E-state index contributed by atoms with van der Waals surface area (Å²) in [7, 11) is 0. The van der Waals surface area contributed by atoms with Gasteiger partial charge in [0.05, 0.1) is 11.3 Å². The molecule has 0 unspecified atom stereocenters. The van der Waals surface area contributed by atoms with Crippen LogP contribution in [0.25, 0.3) is 0 Å². The summed E-state index contributed by atoms with van der Waals surface area (Å²) in [6.07, 6.45) is 1.49. The predicted molar refractivity (Wildman–Crippen MR) is 78.3 cm³/mol. The standard InChI is InChI=1S/C15H18N4O/c1-3-11-12(4-2)18-19-15(13(11)14(16)17)20-10-8-6-5-7-9-10/h5-9H,3-4H2,1-2H3,(H3,16,17). The molecule has 0 aliphatic heterocycles. The second-order valence-corrected chi connectivity index (χ2v) is 4.34. The zero-order chi connectivity index (χ0) is 14.5. The first kappa shape index (κ1) is 14.0. The Balaban J connectivity index is 2.50. The Morgan fingerprint density at radius 2 is 1.85 bits per heavy atom. The van der Waals surface area contributed by atoms with E-state index in [-0.39, 0.29) is 11.7 Å². The van der Waals surface area contributed by atoms with Gasteiger partial charge in [-0.25, -0.2) is 0 Å². The Labute approximate surface area is 118 Å². The maximum absolute atomic E-state index is 7.79. The maximum atomic E-state index is 7.79. The van der Waals surface area contributed by atoms with Crippen molar-refractivity contribution in [2.24, 2.45) is 5.73 Å². The molecule has 104 valence electrons. The number of para-hydroxylation sites is 1. The highest BCUT2D eigenvalue weighted by Gasteiger charge is 2.18. The van der Waals surface area contributed by atoms with Gasteiger partial charge in [0.1, 0.15) is 11.6 Å². The monoisotopic (exact) mass is 270 g/mol. The number of hydrogen-bond acceptors (Lipinski definition) is 4. The van der Waals surface area contributed by atoms with Gasteiger partial charge in [0.25, 0.3) is 0 Å². The Morgan fingerprint density at radius 3 is 2.40 bits per heavy atom. The molecule has 2 rings (SSSR count). The van der Waals surface area contributed by atoms with Crippen molar-refractivity contribution in [3.05, 3.63) is 47.2 Å². The molecular weight excluding hydrogens is 252 g/mol. The normalized spacial score (nSPS) is 10.3. The third-order valence-electron chi connectivity index (χ3n) is 3.04. The van der Waals surface area contributed by atoms with Crippen LogP contribution in [-0.2, 0) is 12.8 Å². The molecule has 2 aromatic rings. The van der Waals surface area contributed by atoms with Crippen LogP contribution in [-0.4, -0.2) is 16.0 Å². The summed E-state index contributed by atoms with van der Waals surface area (Å²) < 4.78 is 5.72. The molecule has 0 saturated heterocycles. The van der Waals surface area contributed by atoms with Gasteiger partial charge < -0.3 is 10.5 Å². The van der Waals surface area contributed by atoms with Gasteiger partial charge in [-0.15, -0.1) is 5.10 Å². The van der Waals surface area contributed by atoms with Gasteiger partial charge in [-0.3, -0.25) is 5.41 Å². The van der Waals surface area contributed by atoms with E-state index in [1.807, 2.05) is 44.2 Å². The molecule has 20 heavy (non-hydrogen) atoms. The van der Waals surface area contributed by atoms with Gasteiger partial charge in [0.15, 0.2) is 0 Å². The van der Waals surface area contributed by atoms with Crippen LogP contribution >= 0.6 is 0 Å². The van der Waals surface area contributed by atoms with Crippen molar-refractivity contribution in [3.63, 3.8) is 0 Å². The lowest BCUT2D eigenvalue weighted by atomic mass is 10.0. The lowest BCUT2D eigenvalue weighted by molar-refractivity contribution is 0.451. The summed E-state index contributed by atoms with van der Waals surface area (Å²) in [5.74, 6) is 0.894. The second kappa shape index (κ2) is 6.14. The van der Waals surface area contributed by atoms with Crippen LogP contribution in [0.1, 0.15) is 30.7 Å². The Kier molecular flexibility index (Phi) is 4.30. The first-order chi connectivity index (χ1) is 9.67. The van der Waals surface area contributed by atoms with E-state index < -0.39 is 0 Å². The van der Waals surface area contributed by atoms with Crippen molar-refractivity contribution < 1.29 is 4.74 Å². The van der Waals surface area contributed by atoms with E-state index in [1.54, 1.807) is 0 Å². The number of nitrogens with one attached hydrogen (secondary N) is 1. The smallest absolute Gasteiger partial charge is 0.250 e. The van der Waals surface area contributed by atoms with E-state index in [1.165, 1.54) is 0 Å². The Bertz CT molecular complexity index is 611. The average molecular weight is 270 g/mol. The van der Waals surface area contributed by atoms with Crippen molar-refractivity contribution in [1.82, 2.24) is 10.2 Å². The fourth-order valence-corrected chi connectivity index (χ4v) is 2.10. The predicted octanol–water partition coefficient (Wildman–Crippen LogP) is 2.68. The fraction of sp³-hybridized carbons (Fsp3) is 0.267. The Hall–Kier alpha value is -2.43. The van der Waals surface area contributed by atoms with Gasteiger partial charge in [0, 0.05) is 0 Å². The third kappa shape index (κ3) is 2.77. The van der Waals surface area contributed by atoms with E-state index >= 15 is 0 Å². The van der Waals surface area contributed by atoms with Crippen LogP contribution in [0.2, 0.25) is 0 Å². The van der Waals surface area contributed by atoms with Gasteiger partial charge in [-0.2, -0.15) is 5.10 Å². The quantitative estimate of drug-likeness (QED) is 0.646. The molecule has 3 N–H and O–H groups in total. The highest BCUT2D eigenvalue weighted by molar-refractivity contribution is 5.98.